The average molecular weight is 487 g/mol. The van der Waals surface area contributed by atoms with Gasteiger partial charge in [-0.25, -0.2) is 0 Å². The lowest BCUT2D eigenvalue weighted by Crippen LogP contribution is -2.25. The van der Waals surface area contributed by atoms with Crippen LogP contribution in [-0.2, 0) is 11.3 Å². The van der Waals surface area contributed by atoms with Gasteiger partial charge in [0.05, 0.1) is 27.4 Å². The van der Waals surface area contributed by atoms with Crippen LogP contribution >= 0.6 is 11.8 Å². The van der Waals surface area contributed by atoms with Crippen LogP contribution in [0.4, 0.5) is 5.69 Å². The number of benzene rings is 2. The predicted molar refractivity (Wildman–Crippen MR) is 140 cm³/mol. The van der Waals surface area contributed by atoms with Gasteiger partial charge in [0.25, 0.3) is 5.56 Å². The van der Waals surface area contributed by atoms with E-state index in [4.69, 9.17) is 0 Å². The number of amides is 1. The number of rotatable bonds is 7. The molecule has 0 aliphatic rings. The third-order valence-electron chi connectivity index (χ3n) is 5.96. The second-order valence-corrected chi connectivity index (χ2v) is 10.2. The number of fused-ring (bicyclic) bond motifs is 4. The van der Waals surface area contributed by atoms with Gasteiger partial charge in [-0.1, -0.05) is 43.8 Å². The molecule has 1 amide bonds. The van der Waals surface area contributed by atoms with Crippen molar-refractivity contribution in [1.82, 2.24) is 24.1 Å². The van der Waals surface area contributed by atoms with Crippen LogP contribution in [0.3, 0.4) is 0 Å². The molecule has 1 unspecified atom stereocenters. The fraction of sp³-hybridized carbons (Fsp3) is 0.269. The number of hydrogen-bond acceptors (Lipinski definition) is 6. The monoisotopic (exact) mass is 486 g/mol. The molecule has 3 heterocycles. The minimum atomic E-state index is -0.455. The lowest BCUT2D eigenvalue weighted by atomic mass is 10.1. The number of pyridine rings is 1. The molecule has 0 aliphatic heterocycles. The molecule has 5 rings (SSSR count). The summed E-state index contributed by atoms with van der Waals surface area (Å²) in [6, 6.07) is 16.9. The molecule has 0 saturated carbocycles. The summed E-state index contributed by atoms with van der Waals surface area (Å²) in [7, 11) is 0. The molecule has 5 aromatic rings. The fourth-order valence-electron chi connectivity index (χ4n) is 4.06. The van der Waals surface area contributed by atoms with Crippen molar-refractivity contribution in [2.75, 3.05) is 5.32 Å². The smallest absolute Gasteiger partial charge is 0.262 e. The highest BCUT2D eigenvalue weighted by atomic mass is 32.2. The molecule has 35 heavy (non-hydrogen) atoms. The molecule has 178 valence electrons. The van der Waals surface area contributed by atoms with E-state index in [-0.39, 0.29) is 11.5 Å². The third-order valence-corrected chi connectivity index (χ3v) is 7.01. The molecular formula is C26H26N6O2S. The van der Waals surface area contributed by atoms with Crippen molar-refractivity contribution in [1.29, 1.82) is 0 Å². The first-order chi connectivity index (χ1) is 16.9. The molecule has 2 aromatic carbocycles. The van der Waals surface area contributed by atoms with E-state index in [1.165, 1.54) is 11.8 Å². The van der Waals surface area contributed by atoms with Crippen molar-refractivity contribution in [2.45, 2.75) is 44.1 Å². The maximum Gasteiger partial charge on any atom is 0.262 e. The van der Waals surface area contributed by atoms with Gasteiger partial charge in [0.2, 0.25) is 11.7 Å². The summed E-state index contributed by atoms with van der Waals surface area (Å²) >= 11 is 1.31. The number of aromatic nitrogens is 5. The summed E-state index contributed by atoms with van der Waals surface area (Å²) in [6.07, 6.45) is 2.58. The number of aryl methyl sites for hydroxylation is 1. The molecule has 0 fully saturated rings. The van der Waals surface area contributed by atoms with Gasteiger partial charge < -0.3 is 5.32 Å². The highest BCUT2D eigenvalue weighted by molar-refractivity contribution is 8.00. The van der Waals surface area contributed by atoms with E-state index in [1.807, 2.05) is 65.9 Å². The van der Waals surface area contributed by atoms with Gasteiger partial charge >= 0.3 is 0 Å². The maximum absolute atomic E-state index is 13.2. The van der Waals surface area contributed by atoms with Crippen LogP contribution in [0, 0.1) is 5.92 Å². The minimum Gasteiger partial charge on any atom is -0.324 e. The molecule has 9 heteroatoms. The van der Waals surface area contributed by atoms with Gasteiger partial charge in [-0.15, -0.1) is 10.2 Å². The molecule has 0 aliphatic carbocycles. The lowest BCUT2D eigenvalue weighted by Gasteiger charge is -2.14. The minimum absolute atomic E-state index is 0.0759. The molecular weight excluding hydrogens is 460 g/mol. The molecule has 1 atom stereocenters. The third kappa shape index (κ3) is 4.39. The van der Waals surface area contributed by atoms with Crippen molar-refractivity contribution < 1.29 is 4.79 Å². The topological polar surface area (TPSA) is 94.2 Å². The van der Waals surface area contributed by atoms with Crippen LogP contribution in [0.1, 0.15) is 27.2 Å². The Balaban J connectivity index is 1.49. The zero-order valence-corrected chi connectivity index (χ0v) is 20.6. The van der Waals surface area contributed by atoms with Crippen LogP contribution in [0.2, 0.25) is 0 Å². The Morgan fingerprint density at radius 3 is 2.63 bits per heavy atom. The summed E-state index contributed by atoms with van der Waals surface area (Å²) in [5, 5.41) is 13.4. The molecule has 1 N–H and O–H groups in total. The van der Waals surface area contributed by atoms with Crippen molar-refractivity contribution in [3.8, 4) is 0 Å². The average Bonchev–Trinajstić information content (AvgIpc) is 3.27. The number of carbonyl (C=O) groups excluding carboxylic acids is 1. The van der Waals surface area contributed by atoms with Crippen LogP contribution in [0.5, 0.6) is 0 Å². The highest BCUT2D eigenvalue weighted by Crippen LogP contribution is 2.27. The Morgan fingerprint density at radius 1 is 1.00 bits per heavy atom. The summed E-state index contributed by atoms with van der Waals surface area (Å²) < 4.78 is 3.57. The summed E-state index contributed by atoms with van der Waals surface area (Å²) in [4.78, 5) is 30.7. The molecule has 0 radical (unpaired) electrons. The Labute approximate surface area is 206 Å². The Morgan fingerprint density at radius 2 is 1.80 bits per heavy atom. The first-order valence-corrected chi connectivity index (χ1v) is 12.5. The maximum atomic E-state index is 13.2. The van der Waals surface area contributed by atoms with Gasteiger partial charge in [0.1, 0.15) is 0 Å². The largest absolute Gasteiger partial charge is 0.324 e. The van der Waals surface area contributed by atoms with E-state index < -0.39 is 5.25 Å². The number of thioether (sulfide) groups is 1. The van der Waals surface area contributed by atoms with Gasteiger partial charge in [0.15, 0.2) is 5.16 Å². The summed E-state index contributed by atoms with van der Waals surface area (Å²) in [6.45, 7) is 6.64. The lowest BCUT2D eigenvalue weighted by molar-refractivity contribution is -0.115. The van der Waals surface area contributed by atoms with Crippen molar-refractivity contribution in [3.63, 3.8) is 0 Å². The summed E-state index contributed by atoms with van der Waals surface area (Å²) in [5.41, 5.74) is 2.19. The number of nitrogens with one attached hydrogen (secondary N) is 1. The van der Waals surface area contributed by atoms with E-state index in [9.17, 15) is 9.59 Å². The molecule has 0 saturated heterocycles. The molecule has 0 bridgehead atoms. The number of carbonyl (C=O) groups is 1. The first kappa shape index (κ1) is 23.0. The van der Waals surface area contributed by atoms with E-state index in [1.54, 1.807) is 10.8 Å². The Kier molecular flexibility index (Phi) is 6.25. The second kappa shape index (κ2) is 9.50. The van der Waals surface area contributed by atoms with E-state index in [0.29, 0.717) is 34.5 Å². The standard InChI is InChI=1S/C26H26N6O2S/c1-16(2)13-15-31-24(34)19-8-4-5-12-22(19)32-25(31)29-30-26(32)35-17(3)23(33)28-21-11-6-10-20-18(21)9-7-14-27-20/h4-12,14,16-17H,13,15H2,1-3H3,(H,28,33). The number of hydrogen-bond donors (Lipinski definition) is 1. The molecule has 3 aromatic heterocycles. The van der Waals surface area contributed by atoms with Crippen LogP contribution in [-0.4, -0.2) is 35.3 Å². The number of anilines is 1. The SMILES string of the molecule is CC(C)CCn1c(=O)c2ccccc2n2c(SC(C)C(=O)Nc3cccc4ncccc34)nnc12. The number of nitrogens with zero attached hydrogens (tertiary/aromatic N) is 5. The van der Waals surface area contributed by atoms with Gasteiger partial charge in [-0.05, 0) is 55.7 Å². The Bertz CT molecular complexity index is 1600. The van der Waals surface area contributed by atoms with Gasteiger partial charge in [0, 0.05) is 18.1 Å². The van der Waals surface area contributed by atoms with Crippen molar-refractivity contribution in [3.05, 3.63) is 71.1 Å². The quantitative estimate of drug-likeness (QED) is 0.334. The van der Waals surface area contributed by atoms with Gasteiger partial charge in [-0.2, -0.15) is 0 Å². The Hall–Kier alpha value is -3.72. The van der Waals surface area contributed by atoms with Crippen molar-refractivity contribution in [2.24, 2.45) is 5.92 Å². The van der Waals surface area contributed by atoms with E-state index in [2.05, 4.69) is 34.3 Å². The first-order valence-electron chi connectivity index (χ1n) is 11.6. The van der Waals surface area contributed by atoms with E-state index >= 15 is 0 Å². The summed E-state index contributed by atoms with van der Waals surface area (Å²) in [5.74, 6) is 0.781. The van der Waals surface area contributed by atoms with Crippen LogP contribution < -0.4 is 10.9 Å². The molecule has 8 nitrogen and oxygen atoms in total. The molecule has 0 spiro atoms. The second-order valence-electron chi connectivity index (χ2n) is 8.90. The van der Waals surface area contributed by atoms with E-state index in [0.717, 1.165) is 22.8 Å². The van der Waals surface area contributed by atoms with Crippen LogP contribution in [0.15, 0.2) is 70.7 Å². The fourth-order valence-corrected chi connectivity index (χ4v) is 4.91. The zero-order valence-electron chi connectivity index (χ0n) is 19.8. The van der Waals surface area contributed by atoms with Crippen molar-refractivity contribution >= 4 is 50.9 Å². The van der Waals surface area contributed by atoms with Gasteiger partial charge in [-0.3, -0.25) is 23.5 Å². The number of para-hydroxylation sites is 1. The predicted octanol–water partition coefficient (Wildman–Crippen LogP) is 4.76. The normalized spacial score (nSPS) is 12.6. The zero-order chi connectivity index (χ0) is 24.5. The highest BCUT2D eigenvalue weighted by Gasteiger charge is 2.22. The van der Waals surface area contributed by atoms with Crippen LogP contribution in [0.25, 0.3) is 27.6 Å².